The fourth-order valence-electron chi connectivity index (χ4n) is 1.98. The third-order valence-electron chi connectivity index (χ3n) is 3.23. The predicted molar refractivity (Wildman–Crippen MR) is 86.7 cm³/mol. The Morgan fingerprint density at radius 2 is 2.00 bits per heavy atom. The molecule has 0 radical (unpaired) electrons. The summed E-state index contributed by atoms with van der Waals surface area (Å²) in [6.07, 6.45) is 2.67. The Balaban J connectivity index is 2.21. The van der Waals surface area contributed by atoms with Crippen LogP contribution >= 0.6 is 0 Å². The van der Waals surface area contributed by atoms with E-state index in [1.54, 1.807) is 49.5 Å². The quantitative estimate of drug-likeness (QED) is 0.493. The van der Waals surface area contributed by atoms with Crippen LogP contribution in [0.25, 0.3) is 6.08 Å². The molecule has 0 aromatic heterocycles. The number of carbonyl (C=O) groups is 1. The Labute approximate surface area is 133 Å². The van der Waals surface area contributed by atoms with Gasteiger partial charge in [-0.3, -0.25) is 14.9 Å². The lowest BCUT2D eigenvalue weighted by Crippen LogP contribution is -2.23. The van der Waals surface area contributed by atoms with E-state index in [1.807, 2.05) is 6.07 Å². The summed E-state index contributed by atoms with van der Waals surface area (Å²) in [5.74, 6) is -0.349. The minimum Gasteiger partial charge on any atom is -0.312 e. The van der Waals surface area contributed by atoms with Crippen LogP contribution in [0.3, 0.4) is 0 Å². The number of likely N-dealkylation sites (N-methyl/N-ethyl adjacent to an activating group) is 1. The van der Waals surface area contributed by atoms with Gasteiger partial charge in [-0.1, -0.05) is 18.2 Å². The van der Waals surface area contributed by atoms with Crippen LogP contribution in [0.4, 0.5) is 11.4 Å². The summed E-state index contributed by atoms with van der Waals surface area (Å²) < 4.78 is 0. The van der Waals surface area contributed by atoms with Gasteiger partial charge < -0.3 is 4.90 Å². The van der Waals surface area contributed by atoms with Crippen LogP contribution in [0.1, 0.15) is 11.1 Å². The molecule has 2 rings (SSSR count). The van der Waals surface area contributed by atoms with Crippen molar-refractivity contribution < 1.29 is 9.72 Å². The molecule has 0 saturated heterocycles. The maximum atomic E-state index is 12.2. The van der Waals surface area contributed by atoms with Gasteiger partial charge in [-0.2, -0.15) is 5.26 Å². The highest BCUT2D eigenvalue weighted by atomic mass is 16.6. The molecule has 23 heavy (non-hydrogen) atoms. The van der Waals surface area contributed by atoms with Gasteiger partial charge in [-0.05, 0) is 30.3 Å². The topological polar surface area (TPSA) is 87.2 Å². The average molecular weight is 307 g/mol. The van der Waals surface area contributed by atoms with Crippen molar-refractivity contribution in [1.29, 1.82) is 5.26 Å². The molecule has 0 aliphatic rings. The third kappa shape index (κ3) is 3.80. The fourth-order valence-corrected chi connectivity index (χ4v) is 1.98. The van der Waals surface area contributed by atoms with Gasteiger partial charge in [-0.25, -0.2) is 0 Å². The molecule has 0 spiro atoms. The molecule has 0 heterocycles. The van der Waals surface area contributed by atoms with Crippen molar-refractivity contribution in [3.8, 4) is 6.07 Å². The van der Waals surface area contributed by atoms with Crippen molar-refractivity contribution in [1.82, 2.24) is 0 Å². The first-order valence-electron chi connectivity index (χ1n) is 6.72. The number of nitro benzene ring substituents is 1. The first-order valence-corrected chi connectivity index (χ1v) is 6.72. The van der Waals surface area contributed by atoms with Crippen LogP contribution in [0, 0.1) is 21.4 Å². The van der Waals surface area contributed by atoms with Crippen molar-refractivity contribution in [3.05, 3.63) is 75.8 Å². The highest BCUT2D eigenvalue weighted by molar-refractivity contribution is 6.03. The smallest absolute Gasteiger partial charge is 0.276 e. The summed E-state index contributed by atoms with van der Waals surface area (Å²) in [7, 11) is 1.57. The molecule has 6 heteroatoms. The molecule has 6 nitrogen and oxygen atoms in total. The van der Waals surface area contributed by atoms with Crippen molar-refractivity contribution >= 4 is 23.4 Å². The summed E-state index contributed by atoms with van der Waals surface area (Å²) in [5, 5.41) is 19.8. The van der Waals surface area contributed by atoms with Gasteiger partial charge in [0.1, 0.15) is 0 Å². The Morgan fingerprint density at radius 1 is 1.26 bits per heavy atom. The maximum absolute atomic E-state index is 12.2. The number of nitriles is 1. The zero-order chi connectivity index (χ0) is 16.8. The van der Waals surface area contributed by atoms with Gasteiger partial charge in [0.05, 0.1) is 22.1 Å². The SMILES string of the molecule is CN(C(=O)C=Cc1ccccc1[N+](=O)[O-])c1cccc(C#N)c1. The van der Waals surface area contributed by atoms with E-state index in [1.165, 1.54) is 23.1 Å². The fraction of sp³-hybridized carbons (Fsp3) is 0.0588. The summed E-state index contributed by atoms with van der Waals surface area (Å²) in [4.78, 5) is 24.0. The van der Waals surface area contributed by atoms with E-state index in [0.29, 0.717) is 16.8 Å². The molecular weight excluding hydrogens is 294 g/mol. The summed E-state index contributed by atoms with van der Waals surface area (Å²) in [6.45, 7) is 0. The highest BCUT2D eigenvalue weighted by Crippen LogP contribution is 2.20. The van der Waals surface area contributed by atoms with Gasteiger partial charge in [0.2, 0.25) is 0 Å². The molecule has 0 aliphatic heterocycles. The number of para-hydroxylation sites is 1. The van der Waals surface area contributed by atoms with Crippen LogP contribution in [0.15, 0.2) is 54.6 Å². The van der Waals surface area contributed by atoms with E-state index in [9.17, 15) is 14.9 Å². The molecule has 0 unspecified atom stereocenters. The third-order valence-corrected chi connectivity index (χ3v) is 3.23. The van der Waals surface area contributed by atoms with Gasteiger partial charge >= 0.3 is 0 Å². The van der Waals surface area contributed by atoms with Crippen LogP contribution in [0.2, 0.25) is 0 Å². The molecule has 0 N–H and O–H groups in total. The van der Waals surface area contributed by atoms with Gasteiger partial charge in [0.25, 0.3) is 11.6 Å². The van der Waals surface area contributed by atoms with Gasteiger partial charge in [-0.15, -0.1) is 0 Å². The summed E-state index contributed by atoms with van der Waals surface area (Å²) in [5.41, 5.74) is 1.31. The van der Waals surface area contributed by atoms with Crippen LogP contribution < -0.4 is 4.90 Å². The molecule has 0 saturated carbocycles. The minimum atomic E-state index is -0.496. The molecule has 114 valence electrons. The molecular formula is C17H13N3O3. The van der Waals surface area contributed by atoms with Crippen LogP contribution in [0.5, 0.6) is 0 Å². The second-order valence-corrected chi connectivity index (χ2v) is 4.71. The van der Waals surface area contributed by atoms with Gasteiger partial charge in [0, 0.05) is 24.9 Å². The molecule has 0 fully saturated rings. The number of benzene rings is 2. The van der Waals surface area contributed by atoms with E-state index in [0.717, 1.165) is 0 Å². The Morgan fingerprint density at radius 3 is 2.70 bits per heavy atom. The van der Waals surface area contributed by atoms with E-state index < -0.39 is 4.92 Å². The zero-order valence-electron chi connectivity index (χ0n) is 12.3. The second kappa shape index (κ2) is 7.00. The normalized spacial score (nSPS) is 10.3. The molecule has 2 aromatic carbocycles. The van der Waals surface area contributed by atoms with Crippen molar-refractivity contribution in [2.24, 2.45) is 0 Å². The van der Waals surface area contributed by atoms with Gasteiger partial charge in [0.15, 0.2) is 0 Å². The average Bonchev–Trinajstić information content (AvgIpc) is 2.59. The minimum absolute atomic E-state index is 0.0642. The van der Waals surface area contributed by atoms with Crippen molar-refractivity contribution in [3.63, 3.8) is 0 Å². The first kappa shape index (κ1) is 15.9. The largest absolute Gasteiger partial charge is 0.312 e. The number of nitrogens with zero attached hydrogens (tertiary/aromatic N) is 3. The van der Waals surface area contributed by atoms with Crippen LogP contribution in [-0.2, 0) is 4.79 Å². The highest BCUT2D eigenvalue weighted by Gasteiger charge is 2.12. The summed E-state index contributed by atoms with van der Waals surface area (Å²) >= 11 is 0. The lowest BCUT2D eigenvalue weighted by atomic mass is 10.1. The van der Waals surface area contributed by atoms with E-state index in [2.05, 4.69) is 0 Å². The Hall–Kier alpha value is -3.46. The number of hydrogen-bond acceptors (Lipinski definition) is 4. The second-order valence-electron chi connectivity index (χ2n) is 4.71. The lowest BCUT2D eigenvalue weighted by Gasteiger charge is -2.15. The first-order chi connectivity index (χ1) is 11.0. The molecule has 0 aliphatic carbocycles. The molecule has 0 bridgehead atoms. The van der Waals surface area contributed by atoms with Crippen molar-refractivity contribution in [2.45, 2.75) is 0 Å². The number of hydrogen-bond donors (Lipinski definition) is 0. The molecule has 0 atom stereocenters. The lowest BCUT2D eigenvalue weighted by molar-refractivity contribution is -0.385. The number of amides is 1. The Bertz CT molecular complexity index is 822. The molecule has 2 aromatic rings. The maximum Gasteiger partial charge on any atom is 0.276 e. The standard InChI is InChI=1S/C17H13N3O3/c1-19(15-7-4-5-13(11-15)12-18)17(21)10-9-14-6-2-3-8-16(14)20(22)23/h2-11H,1H3. The number of nitro groups is 1. The number of anilines is 1. The van der Waals surface area contributed by atoms with E-state index in [4.69, 9.17) is 5.26 Å². The van der Waals surface area contributed by atoms with Crippen LogP contribution in [-0.4, -0.2) is 17.9 Å². The monoisotopic (exact) mass is 307 g/mol. The summed E-state index contributed by atoms with van der Waals surface area (Å²) in [6, 6.07) is 14.8. The number of carbonyl (C=O) groups excluding carboxylic acids is 1. The van der Waals surface area contributed by atoms with E-state index in [-0.39, 0.29) is 11.6 Å². The molecule has 1 amide bonds. The van der Waals surface area contributed by atoms with E-state index >= 15 is 0 Å². The number of rotatable bonds is 4. The van der Waals surface area contributed by atoms with Crippen molar-refractivity contribution in [2.75, 3.05) is 11.9 Å². The predicted octanol–water partition coefficient (Wildman–Crippen LogP) is 3.14. The zero-order valence-corrected chi connectivity index (χ0v) is 12.3. The Kier molecular flexibility index (Phi) is 4.85.